The van der Waals surface area contributed by atoms with Crippen LogP contribution < -0.4 is 4.74 Å². The third-order valence-corrected chi connectivity index (χ3v) is 4.29. The Morgan fingerprint density at radius 3 is 2.67 bits per heavy atom. The van der Waals surface area contributed by atoms with Crippen LogP contribution >= 0.6 is 27.7 Å². The van der Waals surface area contributed by atoms with E-state index in [-0.39, 0.29) is 5.56 Å². The number of rotatable bonds is 5. The molecule has 0 amide bonds. The van der Waals surface area contributed by atoms with E-state index in [0.717, 1.165) is 20.7 Å². The Morgan fingerprint density at radius 1 is 1.29 bits per heavy atom. The maximum absolute atomic E-state index is 11.5. The van der Waals surface area contributed by atoms with Crippen molar-refractivity contribution < 1.29 is 14.6 Å². The highest BCUT2D eigenvalue weighted by atomic mass is 79.9. The minimum absolute atomic E-state index is 0.215. The fourth-order valence-corrected chi connectivity index (χ4v) is 3.22. The Balaban J connectivity index is 2.43. The average molecular weight is 367 g/mol. The third kappa shape index (κ3) is 3.80. The fourth-order valence-electron chi connectivity index (χ4n) is 1.93. The lowest BCUT2D eigenvalue weighted by molar-refractivity contribution is 0.0690. The monoisotopic (exact) mass is 366 g/mol. The largest absolute Gasteiger partial charge is 0.478 e. The van der Waals surface area contributed by atoms with E-state index < -0.39 is 5.97 Å². The molecule has 0 saturated carbocycles. The molecule has 0 bridgehead atoms. The lowest BCUT2D eigenvalue weighted by Crippen LogP contribution is -2.03. The summed E-state index contributed by atoms with van der Waals surface area (Å²) in [6, 6.07) is 10.9. The highest BCUT2D eigenvalue weighted by Crippen LogP contribution is 2.34. The molecule has 2 aromatic rings. The first-order chi connectivity index (χ1) is 10.0. The molecule has 1 N–H and O–H groups in total. The highest BCUT2D eigenvalue weighted by molar-refractivity contribution is 9.10. The maximum atomic E-state index is 11.5. The second-order valence-electron chi connectivity index (χ2n) is 4.38. The first kappa shape index (κ1) is 15.9. The molecule has 0 heterocycles. The number of benzene rings is 2. The van der Waals surface area contributed by atoms with Crippen molar-refractivity contribution in [3.63, 3.8) is 0 Å². The van der Waals surface area contributed by atoms with Crippen molar-refractivity contribution in [3.05, 3.63) is 52.0 Å². The number of hydrogen-bond donors (Lipinski definition) is 1. The SMILES string of the molecule is CCSc1cccc(Oc2ccc(Br)cc2C)c1C(=O)O. The standard InChI is InChI=1S/C16H15BrO3S/c1-3-21-14-6-4-5-13(15(14)16(18)19)20-12-8-7-11(17)9-10(12)2/h4-9H,3H2,1-2H3,(H,18,19). The van der Waals surface area contributed by atoms with Gasteiger partial charge >= 0.3 is 5.97 Å². The summed E-state index contributed by atoms with van der Waals surface area (Å²) in [5, 5.41) is 9.46. The molecule has 0 aliphatic carbocycles. The van der Waals surface area contributed by atoms with Gasteiger partial charge in [-0.2, -0.15) is 0 Å². The van der Waals surface area contributed by atoms with E-state index in [4.69, 9.17) is 4.74 Å². The summed E-state index contributed by atoms with van der Waals surface area (Å²) >= 11 is 4.89. The van der Waals surface area contributed by atoms with Gasteiger partial charge in [0.2, 0.25) is 0 Å². The minimum Gasteiger partial charge on any atom is -0.478 e. The van der Waals surface area contributed by atoms with Crippen molar-refractivity contribution in [3.8, 4) is 11.5 Å². The van der Waals surface area contributed by atoms with Gasteiger partial charge in [-0.3, -0.25) is 0 Å². The van der Waals surface area contributed by atoms with Crippen molar-refractivity contribution >= 4 is 33.7 Å². The van der Waals surface area contributed by atoms with Gasteiger partial charge in [-0.15, -0.1) is 11.8 Å². The number of thioether (sulfide) groups is 1. The van der Waals surface area contributed by atoms with Gasteiger partial charge in [0.25, 0.3) is 0 Å². The Bertz CT molecular complexity index is 671. The molecule has 21 heavy (non-hydrogen) atoms. The van der Waals surface area contributed by atoms with Crippen molar-refractivity contribution in [2.45, 2.75) is 18.7 Å². The van der Waals surface area contributed by atoms with Crippen molar-refractivity contribution in [1.82, 2.24) is 0 Å². The summed E-state index contributed by atoms with van der Waals surface area (Å²) < 4.78 is 6.79. The van der Waals surface area contributed by atoms with Crippen LogP contribution in [0.2, 0.25) is 0 Å². The van der Waals surface area contributed by atoms with E-state index >= 15 is 0 Å². The van der Waals surface area contributed by atoms with Crippen molar-refractivity contribution in [2.75, 3.05) is 5.75 Å². The van der Waals surface area contributed by atoms with Gasteiger partial charge in [0, 0.05) is 9.37 Å². The first-order valence-corrected chi connectivity index (χ1v) is 8.24. The molecule has 0 fully saturated rings. The second-order valence-corrected chi connectivity index (χ2v) is 6.60. The quantitative estimate of drug-likeness (QED) is 0.723. The summed E-state index contributed by atoms with van der Waals surface area (Å²) in [7, 11) is 0. The van der Waals surface area contributed by atoms with Crippen LogP contribution in [0.4, 0.5) is 0 Å². The van der Waals surface area contributed by atoms with Gasteiger partial charge < -0.3 is 9.84 Å². The lowest BCUT2D eigenvalue weighted by Gasteiger charge is -2.13. The third-order valence-electron chi connectivity index (χ3n) is 2.86. The molecule has 0 radical (unpaired) electrons. The summed E-state index contributed by atoms with van der Waals surface area (Å²) in [4.78, 5) is 12.3. The molecule has 3 nitrogen and oxygen atoms in total. The molecule has 2 rings (SSSR count). The summed E-state index contributed by atoms with van der Waals surface area (Å²) in [6.45, 7) is 3.91. The molecule has 110 valence electrons. The van der Waals surface area contributed by atoms with E-state index in [0.29, 0.717) is 11.5 Å². The van der Waals surface area contributed by atoms with Crippen molar-refractivity contribution in [2.24, 2.45) is 0 Å². The van der Waals surface area contributed by atoms with Gasteiger partial charge in [0.05, 0.1) is 0 Å². The second kappa shape index (κ2) is 7.00. The number of carbonyl (C=O) groups is 1. The van der Waals surface area contributed by atoms with Crippen LogP contribution in [0.1, 0.15) is 22.8 Å². The van der Waals surface area contributed by atoms with E-state index in [1.54, 1.807) is 12.1 Å². The van der Waals surface area contributed by atoms with Gasteiger partial charge in [-0.1, -0.05) is 28.9 Å². The fraction of sp³-hybridized carbons (Fsp3) is 0.188. The molecule has 0 spiro atoms. The number of halogens is 1. The van der Waals surface area contributed by atoms with Crippen LogP contribution in [-0.4, -0.2) is 16.8 Å². The lowest BCUT2D eigenvalue weighted by atomic mass is 10.2. The molecule has 2 aromatic carbocycles. The van der Waals surface area contributed by atoms with Gasteiger partial charge in [-0.25, -0.2) is 4.79 Å². The zero-order valence-corrected chi connectivity index (χ0v) is 14.1. The predicted octanol–water partition coefficient (Wildman–Crippen LogP) is 5.36. The Morgan fingerprint density at radius 2 is 2.05 bits per heavy atom. The van der Waals surface area contributed by atoms with Gasteiger partial charge in [0.1, 0.15) is 17.1 Å². The van der Waals surface area contributed by atoms with Crippen LogP contribution in [0.5, 0.6) is 11.5 Å². The maximum Gasteiger partial charge on any atom is 0.340 e. The van der Waals surface area contributed by atoms with Gasteiger partial charge in [0.15, 0.2) is 0 Å². The topological polar surface area (TPSA) is 46.5 Å². The highest BCUT2D eigenvalue weighted by Gasteiger charge is 2.17. The Kier molecular flexibility index (Phi) is 5.31. The Hall–Kier alpha value is -1.46. The van der Waals surface area contributed by atoms with E-state index in [9.17, 15) is 9.90 Å². The van der Waals surface area contributed by atoms with Gasteiger partial charge in [-0.05, 0) is 48.6 Å². The van der Waals surface area contributed by atoms with Crippen molar-refractivity contribution in [1.29, 1.82) is 0 Å². The normalized spacial score (nSPS) is 10.4. The number of aryl methyl sites for hydroxylation is 1. The first-order valence-electron chi connectivity index (χ1n) is 6.46. The summed E-state index contributed by atoms with van der Waals surface area (Å²) in [5.41, 5.74) is 1.15. The molecular formula is C16H15BrO3S. The molecule has 0 saturated heterocycles. The van der Waals surface area contributed by atoms with E-state index in [1.807, 2.05) is 38.1 Å². The minimum atomic E-state index is -0.976. The number of aromatic carboxylic acids is 1. The van der Waals surface area contributed by atoms with Crippen LogP contribution in [0.3, 0.4) is 0 Å². The molecule has 0 atom stereocenters. The smallest absolute Gasteiger partial charge is 0.340 e. The number of carboxylic acid groups (broad SMARTS) is 1. The van der Waals surface area contributed by atoms with Crippen LogP contribution in [-0.2, 0) is 0 Å². The molecule has 5 heteroatoms. The number of carboxylic acids is 1. The van der Waals surface area contributed by atoms with Crippen LogP contribution in [0, 0.1) is 6.92 Å². The molecule has 0 aliphatic rings. The molecule has 0 aromatic heterocycles. The Labute approximate surface area is 136 Å². The number of hydrogen-bond acceptors (Lipinski definition) is 3. The zero-order valence-electron chi connectivity index (χ0n) is 11.7. The van der Waals surface area contributed by atoms with Crippen LogP contribution in [0.15, 0.2) is 45.8 Å². The molecule has 0 aliphatic heterocycles. The average Bonchev–Trinajstić information content (AvgIpc) is 2.42. The summed E-state index contributed by atoms with van der Waals surface area (Å²) in [6.07, 6.45) is 0. The summed E-state index contributed by atoms with van der Waals surface area (Å²) in [5.74, 6) is 0.850. The van der Waals surface area contributed by atoms with E-state index in [1.165, 1.54) is 11.8 Å². The predicted molar refractivity (Wildman–Crippen MR) is 88.8 cm³/mol. The zero-order chi connectivity index (χ0) is 15.4. The number of ether oxygens (including phenoxy) is 1. The van der Waals surface area contributed by atoms with E-state index in [2.05, 4.69) is 15.9 Å². The molecule has 0 unspecified atom stereocenters. The van der Waals surface area contributed by atoms with Crippen LogP contribution in [0.25, 0.3) is 0 Å². The molecular weight excluding hydrogens is 352 g/mol.